The lowest BCUT2D eigenvalue weighted by Crippen LogP contribution is -2.33. The molecule has 0 aliphatic carbocycles. The van der Waals surface area contributed by atoms with E-state index in [9.17, 15) is 4.39 Å². The Morgan fingerprint density at radius 2 is 1.86 bits per heavy atom. The van der Waals surface area contributed by atoms with Crippen LogP contribution >= 0.6 is 0 Å². The molecule has 0 bridgehead atoms. The molecule has 22 heavy (non-hydrogen) atoms. The van der Waals surface area contributed by atoms with E-state index in [4.69, 9.17) is 0 Å². The van der Waals surface area contributed by atoms with Gasteiger partial charge >= 0.3 is 5.78 Å². The zero-order valence-corrected chi connectivity index (χ0v) is 12.4. The molecular weight excluding hydrogens is 277 g/mol. The Balaban J connectivity index is 1.97. The first-order valence-electron chi connectivity index (χ1n) is 7.55. The Morgan fingerprint density at radius 1 is 1.09 bits per heavy atom. The molecule has 1 N–H and O–H groups in total. The van der Waals surface area contributed by atoms with E-state index in [-0.39, 0.29) is 5.82 Å². The predicted molar refractivity (Wildman–Crippen MR) is 85.1 cm³/mol. The van der Waals surface area contributed by atoms with Gasteiger partial charge < -0.3 is 0 Å². The summed E-state index contributed by atoms with van der Waals surface area (Å²) in [6.07, 6.45) is 3.15. The lowest BCUT2D eigenvalue weighted by atomic mass is 10.2. The van der Waals surface area contributed by atoms with Gasteiger partial charge in [-0.1, -0.05) is 19.1 Å². The SMILES string of the molecule is CCC[n+]1c2ccccc2n2cc(-c3ccc(F)cc3)[nH]c21. The minimum absolute atomic E-state index is 0.214. The standard InChI is InChI=1S/C18H16FN3/c1-2-11-21-16-5-3-4-6-17(16)22-12-15(20-18(21)22)13-7-9-14(19)10-8-13/h3-10,12H,2,11H2,1H3/p+1. The number of para-hydroxylation sites is 2. The van der Waals surface area contributed by atoms with Gasteiger partial charge in [-0.2, -0.15) is 4.40 Å². The van der Waals surface area contributed by atoms with E-state index in [2.05, 4.69) is 51.3 Å². The predicted octanol–water partition coefficient (Wildman–Crippen LogP) is 3.92. The van der Waals surface area contributed by atoms with Crippen molar-refractivity contribution in [1.29, 1.82) is 0 Å². The first-order valence-corrected chi connectivity index (χ1v) is 7.55. The molecule has 2 aromatic carbocycles. The molecule has 0 fully saturated rings. The van der Waals surface area contributed by atoms with E-state index in [1.165, 1.54) is 23.2 Å². The van der Waals surface area contributed by atoms with Crippen LogP contribution in [-0.4, -0.2) is 9.38 Å². The molecule has 2 heterocycles. The maximum Gasteiger partial charge on any atom is 0.368 e. The van der Waals surface area contributed by atoms with Crippen molar-refractivity contribution in [1.82, 2.24) is 9.38 Å². The van der Waals surface area contributed by atoms with Crippen LogP contribution < -0.4 is 4.57 Å². The Labute approximate surface area is 127 Å². The summed E-state index contributed by atoms with van der Waals surface area (Å²) < 4.78 is 17.6. The number of aryl methyl sites for hydroxylation is 1. The van der Waals surface area contributed by atoms with Crippen LogP contribution in [0.3, 0.4) is 0 Å². The van der Waals surface area contributed by atoms with Gasteiger partial charge in [0.2, 0.25) is 0 Å². The van der Waals surface area contributed by atoms with Gasteiger partial charge in [0, 0.05) is 5.56 Å². The molecule has 4 rings (SSSR count). The maximum absolute atomic E-state index is 13.1. The van der Waals surface area contributed by atoms with Gasteiger partial charge in [-0.3, -0.25) is 0 Å². The minimum Gasteiger partial charge on any atom is -0.241 e. The maximum atomic E-state index is 13.1. The molecule has 0 spiro atoms. The van der Waals surface area contributed by atoms with Crippen LogP contribution in [-0.2, 0) is 6.54 Å². The van der Waals surface area contributed by atoms with Gasteiger partial charge in [0.25, 0.3) is 0 Å². The highest BCUT2D eigenvalue weighted by Gasteiger charge is 2.20. The van der Waals surface area contributed by atoms with Crippen LogP contribution in [0.1, 0.15) is 13.3 Å². The Kier molecular flexibility index (Phi) is 2.96. The van der Waals surface area contributed by atoms with Crippen LogP contribution in [0, 0.1) is 5.82 Å². The topological polar surface area (TPSA) is 24.1 Å². The monoisotopic (exact) mass is 294 g/mol. The van der Waals surface area contributed by atoms with E-state index in [1.807, 2.05) is 0 Å². The van der Waals surface area contributed by atoms with Crippen molar-refractivity contribution in [2.24, 2.45) is 0 Å². The number of benzene rings is 2. The first kappa shape index (κ1) is 13.1. The third-order valence-electron chi connectivity index (χ3n) is 4.02. The lowest BCUT2D eigenvalue weighted by molar-refractivity contribution is -0.647. The minimum atomic E-state index is -0.214. The number of hydrogen-bond donors (Lipinski definition) is 1. The second kappa shape index (κ2) is 4.98. The zero-order chi connectivity index (χ0) is 15.1. The number of fused-ring (bicyclic) bond motifs is 3. The fourth-order valence-electron chi connectivity index (χ4n) is 3.02. The number of imidazole rings is 2. The smallest absolute Gasteiger partial charge is 0.241 e. The number of hydrogen-bond acceptors (Lipinski definition) is 0. The fraction of sp³-hybridized carbons (Fsp3) is 0.167. The molecule has 0 aliphatic rings. The number of aromatic amines is 1. The quantitative estimate of drug-likeness (QED) is 0.554. The Morgan fingerprint density at radius 3 is 2.64 bits per heavy atom. The summed E-state index contributed by atoms with van der Waals surface area (Å²) in [5.41, 5.74) is 4.37. The van der Waals surface area contributed by atoms with Crippen molar-refractivity contribution >= 4 is 16.8 Å². The second-order valence-electron chi connectivity index (χ2n) is 5.51. The Bertz CT molecular complexity index is 948. The summed E-state index contributed by atoms with van der Waals surface area (Å²) in [5.74, 6) is 0.843. The molecule has 0 amide bonds. The van der Waals surface area contributed by atoms with Gasteiger partial charge in [-0.25, -0.2) is 13.9 Å². The zero-order valence-electron chi connectivity index (χ0n) is 12.4. The molecule has 0 radical (unpaired) electrons. The molecule has 0 saturated heterocycles. The summed E-state index contributed by atoms with van der Waals surface area (Å²) in [4.78, 5) is 3.48. The normalized spacial score (nSPS) is 11.5. The van der Waals surface area contributed by atoms with Crippen LogP contribution in [0.5, 0.6) is 0 Å². The third-order valence-corrected chi connectivity index (χ3v) is 4.02. The average molecular weight is 294 g/mol. The summed E-state index contributed by atoms with van der Waals surface area (Å²) in [5, 5.41) is 0. The molecule has 0 atom stereocenters. The number of halogens is 1. The van der Waals surface area contributed by atoms with Crippen molar-refractivity contribution in [2.45, 2.75) is 19.9 Å². The van der Waals surface area contributed by atoms with Gasteiger partial charge in [0.1, 0.15) is 28.7 Å². The molecule has 0 aliphatic heterocycles. The van der Waals surface area contributed by atoms with Crippen molar-refractivity contribution in [3.8, 4) is 11.3 Å². The highest BCUT2D eigenvalue weighted by molar-refractivity contribution is 5.76. The van der Waals surface area contributed by atoms with Crippen LogP contribution in [0.15, 0.2) is 54.7 Å². The van der Waals surface area contributed by atoms with Crippen LogP contribution in [0.4, 0.5) is 4.39 Å². The van der Waals surface area contributed by atoms with Crippen molar-refractivity contribution in [3.63, 3.8) is 0 Å². The highest BCUT2D eigenvalue weighted by atomic mass is 19.1. The highest BCUT2D eigenvalue weighted by Crippen LogP contribution is 2.22. The number of H-pyrrole nitrogens is 1. The second-order valence-corrected chi connectivity index (χ2v) is 5.51. The fourth-order valence-corrected chi connectivity index (χ4v) is 3.02. The van der Waals surface area contributed by atoms with Crippen molar-refractivity contribution in [2.75, 3.05) is 0 Å². The Hall–Kier alpha value is -2.62. The lowest BCUT2D eigenvalue weighted by Gasteiger charge is -1.97. The van der Waals surface area contributed by atoms with Crippen molar-refractivity contribution in [3.05, 3.63) is 60.5 Å². The summed E-state index contributed by atoms with van der Waals surface area (Å²) in [6.45, 7) is 3.13. The molecule has 0 saturated carbocycles. The van der Waals surface area contributed by atoms with Gasteiger partial charge in [0.05, 0.1) is 6.54 Å². The summed E-state index contributed by atoms with van der Waals surface area (Å²) in [6, 6.07) is 15.0. The first-order chi connectivity index (χ1) is 10.8. The van der Waals surface area contributed by atoms with Gasteiger partial charge in [0.15, 0.2) is 0 Å². The molecule has 4 heteroatoms. The van der Waals surface area contributed by atoms with E-state index >= 15 is 0 Å². The molecular formula is C18H17FN3+. The van der Waals surface area contributed by atoms with Crippen LogP contribution in [0.25, 0.3) is 28.1 Å². The van der Waals surface area contributed by atoms with E-state index in [0.29, 0.717) is 0 Å². The average Bonchev–Trinajstić information content (AvgIpc) is 3.08. The molecule has 2 aromatic heterocycles. The molecule has 110 valence electrons. The molecule has 4 aromatic rings. The number of rotatable bonds is 3. The van der Waals surface area contributed by atoms with Crippen LogP contribution in [0.2, 0.25) is 0 Å². The molecule has 0 unspecified atom stereocenters. The number of nitrogens with zero attached hydrogens (tertiary/aromatic N) is 2. The summed E-state index contributed by atoms with van der Waals surface area (Å²) in [7, 11) is 0. The summed E-state index contributed by atoms with van der Waals surface area (Å²) >= 11 is 0. The molecule has 3 nitrogen and oxygen atoms in total. The number of aromatic nitrogens is 3. The largest absolute Gasteiger partial charge is 0.368 e. The van der Waals surface area contributed by atoms with Gasteiger partial charge in [-0.05, 0) is 42.8 Å². The van der Waals surface area contributed by atoms with E-state index in [1.54, 1.807) is 12.1 Å². The number of nitrogens with one attached hydrogen (secondary N) is 1. The van der Waals surface area contributed by atoms with E-state index in [0.717, 1.165) is 30.0 Å². The third kappa shape index (κ3) is 1.91. The van der Waals surface area contributed by atoms with Crippen molar-refractivity contribution < 1.29 is 8.96 Å². The van der Waals surface area contributed by atoms with Gasteiger partial charge in [-0.15, -0.1) is 0 Å². The van der Waals surface area contributed by atoms with E-state index < -0.39 is 0 Å².